The lowest BCUT2D eigenvalue weighted by Crippen LogP contribution is -2.25. The summed E-state index contributed by atoms with van der Waals surface area (Å²) in [6.07, 6.45) is 4.09. The summed E-state index contributed by atoms with van der Waals surface area (Å²) in [5, 5.41) is 20.1. The second-order valence-electron chi connectivity index (χ2n) is 9.32. The van der Waals surface area contributed by atoms with E-state index in [9.17, 15) is 19.8 Å². The van der Waals surface area contributed by atoms with Crippen molar-refractivity contribution >= 4 is 11.9 Å². The molecular weight excluding hydrogens is 476 g/mol. The lowest BCUT2D eigenvalue weighted by molar-refractivity contribution is -0.142. The minimum absolute atomic E-state index is 0.00609. The molecule has 0 radical (unpaired) electrons. The summed E-state index contributed by atoms with van der Waals surface area (Å²) in [5.74, 6) is 0.148. The van der Waals surface area contributed by atoms with E-state index in [0.717, 1.165) is 37.8 Å². The summed E-state index contributed by atoms with van der Waals surface area (Å²) in [6, 6.07) is 12.1. The SMILES string of the molecule is C=CC(=O)OCC(O)COc1ccc2c(c1)CCC21CCc2ccc(OCC(O)COC(=O)C=C)cc21. The molecule has 2 aromatic rings. The number of carbonyl (C=O) groups is 2. The Kier molecular flexibility index (Phi) is 8.31. The van der Waals surface area contributed by atoms with E-state index in [1.807, 2.05) is 18.2 Å². The van der Waals surface area contributed by atoms with Gasteiger partial charge in [0.2, 0.25) is 0 Å². The molecule has 2 N–H and O–H groups in total. The van der Waals surface area contributed by atoms with Gasteiger partial charge >= 0.3 is 11.9 Å². The molecule has 0 heterocycles. The Bertz CT molecular complexity index is 1170. The average Bonchev–Trinajstić information content (AvgIpc) is 3.48. The van der Waals surface area contributed by atoms with Crippen molar-refractivity contribution in [3.63, 3.8) is 0 Å². The highest BCUT2D eigenvalue weighted by Crippen LogP contribution is 2.53. The molecule has 2 aliphatic rings. The zero-order chi connectivity index (χ0) is 26.4. The number of rotatable bonds is 12. The van der Waals surface area contributed by atoms with Crippen LogP contribution in [-0.2, 0) is 37.3 Å². The maximum Gasteiger partial charge on any atom is 0.330 e. The highest BCUT2D eigenvalue weighted by atomic mass is 16.6. The Balaban J connectivity index is 1.41. The van der Waals surface area contributed by atoms with E-state index in [2.05, 4.69) is 31.4 Å². The molecule has 8 heteroatoms. The van der Waals surface area contributed by atoms with Crippen molar-refractivity contribution in [2.75, 3.05) is 26.4 Å². The molecule has 1 spiro atoms. The van der Waals surface area contributed by atoms with E-state index in [-0.39, 0.29) is 31.8 Å². The summed E-state index contributed by atoms with van der Waals surface area (Å²) >= 11 is 0. The first kappa shape index (κ1) is 26.4. The number of aliphatic hydroxyl groups excluding tert-OH is 2. The standard InChI is InChI=1S/C29H32O8/c1-3-27(32)36-17-21(30)15-34-23-7-8-25-20(13-23)10-12-29(25)11-9-19-5-6-24(14-26(19)29)35-16-22(31)18-37-28(33)4-2/h3-8,13-14,21-22,30-31H,1-2,9-12,15-18H2. The third-order valence-electron chi connectivity index (χ3n) is 6.89. The Morgan fingerprint density at radius 2 is 1.32 bits per heavy atom. The van der Waals surface area contributed by atoms with Crippen molar-refractivity contribution in [2.24, 2.45) is 0 Å². The van der Waals surface area contributed by atoms with Crippen molar-refractivity contribution in [2.45, 2.75) is 43.3 Å². The van der Waals surface area contributed by atoms with Crippen LogP contribution in [0.4, 0.5) is 0 Å². The molecule has 2 aromatic carbocycles. The average molecular weight is 509 g/mol. The Morgan fingerprint density at radius 3 is 1.92 bits per heavy atom. The van der Waals surface area contributed by atoms with Gasteiger partial charge in [0.25, 0.3) is 0 Å². The molecule has 0 amide bonds. The van der Waals surface area contributed by atoms with Gasteiger partial charge in [0.05, 0.1) is 0 Å². The summed E-state index contributed by atoms with van der Waals surface area (Å²) in [6.45, 7) is 6.36. The van der Waals surface area contributed by atoms with Crippen LogP contribution in [0.15, 0.2) is 61.7 Å². The largest absolute Gasteiger partial charge is 0.491 e. The molecule has 3 unspecified atom stereocenters. The van der Waals surface area contributed by atoms with Crippen LogP contribution in [0.1, 0.15) is 35.1 Å². The van der Waals surface area contributed by atoms with E-state index in [4.69, 9.17) is 18.9 Å². The van der Waals surface area contributed by atoms with Gasteiger partial charge in [-0.2, -0.15) is 0 Å². The van der Waals surface area contributed by atoms with E-state index in [1.165, 1.54) is 22.3 Å². The van der Waals surface area contributed by atoms with Crippen LogP contribution in [-0.4, -0.2) is 60.8 Å². The maximum atomic E-state index is 11.2. The van der Waals surface area contributed by atoms with Gasteiger partial charge in [-0.3, -0.25) is 0 Å². The van der Waals surface area contributed by atoms with Gasteiger partial charge in [-0.15, -0.1) is 0 Å². The zero-order valence-corrected chi connectivity index (χ0v) is 20.7. The van der Waals surface area contributed by atoms with E-state index >= 15 is 0 Å². The number of hydrogen-bond donors (Lipinski definition) is 2. The summed E-state index contributed by atoms with van der Waals surface area (Å²) in [5.41, 5.74) is 4.91. The first-order valence-corrected chi connectivity index (χ1v) is 12.3. The molecule has 196 valence electrons. The molecule has 0 saturated heterocycles. The molecule has 0 aliphatic heterocycles. The van der Waals surface area contributed by atoms with E-state index < -0.39 is 24.1 Å². The van der Waals surface area contributed by atoms with Crippen LogP contribution in [0.3, 0.4) is 0 Å². The van der Waals surface area contributed by atoms with Crippen molar-refractivity contribution in [1.82, 2.24) is 0 Å². The van der Waals surface area contributed by atoms with Gasteiger partial charge in [0.1, 0.15) is 50.1 Å². The minimum atomic E-state index is -0.940. The van der Waals surface area contributed by atoms with Crippen LogP contribution in [0, 0.1) is 0 Å². The Labute approximate surface area is 216 Å². The number of aryl methyl sites for hydroxylation is 2. The normalized spacial score (nSPS) is 18.9. The summed E-state index contributed by atoms with van der Waals surface area (Å²) < 4.78 is 21.3. The zero-order valence-electron chi connectivity index (χ0n) is 20.7. The number of hydrogen-bond acceptors (Lipinski definition) is 8. The van der Waals surface area contributed by atoms with Crippen LogP contribution in [0.5, 0.6) is 11.5 Å². The lowest BCUT2D eigenvalue weighted by Gasteiger charge is -2.27. The molecule has 37 heavy (non-hydrogen) atoms. The van der Waals surface area contributed by atoms with Crippen LogP contribution < -0.4 is 9.47 Å². The second-order valence-corrected chi connectivity index (χ2v) is 9.32. The molecule has 0 fully saturated rings. The van der Waals surface area contributed by atoms with Gasteiger partial charge in [-0.25, -0.2) is 9.59 Å². The van der Waals surface area contributed by atoms with Crippen molar-refractivity contribution in [3.05, 3.63) is 84.0 Å². The number of esters is 2. The molecule has 0 saturated carbocycles. The lowest BCUT2D eigenvalue weighted by atomic mass is 9.76. The van der Waals surface area contributed by atoms with Gasteiger partial charge in [0, 0.05) is 17.6 Å². The number of fused-ring (bicyclic) bond motifs is 4. The summed E-state index contributed by atoms with van der Waals surface area (Å²) in [4.78, 5) is 22.3. The fourth-order valence-electron chi connectivity index (χ4n) is 5.10. The van der Waals surface area contributed by atoms with Gasteiger partial charge in [-0.05, 0) is 72.2 Å². The fourth-order valence-corrected chi connectivity index (χ4v) is 5.10. The molecule has 3 atom stereocenters. The third kappa shape index (κ3) is 6.03. The quantitative estimate of drug-likeness (QED) is 0.333. The van der Waals surface area contributed by atoms with Crippen LogP contribution in [0.2, 0.25) is 0 Å². The molecule has 0 bridgehead atoms. The van der Waals surface area contributed by atoms with E-state index in [0.29, 0.717) is 11.5 Å². The Hall–Kier alpha value is -3.62. The fraction of sp³-hybridized carbons (Fsp3) is 0.379. The highest BCUT2D eigenvalue weighted by Gasteiger charge is 2.45. The molecule has 0 aromatic heterocycles. The molecular formula is C29H32O8. The molecule has 2 aliphatic carbocycles. The van der Waals surface area contributed by atoms with Crippen LogP contribution >= 0.6 is 0 Å². The Morgan fingerprint density at radius 1 is 0.784 bits per heavy atom. The van der Waals surface area contributed by atoms with Crippen LogP contribution in [0.25, 0.3) is 0 Å². The van der Waals surface area contributed by atoms with Crippen molar-refractivity contribution in [1.29, 1.82) is 0 Å². The predicted octanol–water partition coefficient (Wildman–Crippen LogP) is 2.80. The van der Waals surface area contributed by atoms with E-state index in [1.54, 1.807) is 0 Å². The monoisotopic (exact) mass is 508 g/mol. The minimum Gasteiger partial charge on any atom is -0.491 e. The van der Waals surface area contributed by atoms with Crippen molar-refractivity contribution in [3.8, 4) is 11.5 Å². The second kappa shape index (κ2) is 11.6. The third-order valence-corrected chi connectivity index (χ3v) is 6.89. The molecule has 4 rings (SSSR count). The number of aliphatic hydroxyl groups is 2. The summed E-state index contributed by atoms with van der Waals surface area (Å²) in [7, 11) is 0. The topological polar surface area (TPSA) is 112 Å². The highest BCUT2D eigenvalue weighted by molar-refractivity contribution is 5.81. The van der Waals surface area contributed by atoms with Gasteiger partial charge < -0.3 is 29.2 Å². The maximum absolute atomic E-state index is 11.2. The smallest absolute Gasteiger partial charge is 0.330 e. The van der Waals surface area contributed by atoms with Gasteiger partial charge in [-0.1, -0.05) is 25.3 Å². The van der Waals surface area contributed by atoms with Gasteiger partial charge in [0.15, 0.2) is 0 Å². The first-order valence-electron chi connectivity index (χ1n) is 12.3. The number of ether oxygens (including phenoxy) is 4. The van der Waals surface area contributed by atoms with Crippen molar-refractivity contribution < 1.29 is 38.7 Å². The predicted molar refractivity (Wildman–Crippen MR) is 136 cm³/mol. The first-order chi connectivity index (χ1) is 17.8. The number of carbonyl (C=O) groups excluding carboxylic acids is 2. The molecule has 8 nitrogen and oxygen atoms in total. The number of benzene rings is 2.